The number of benzene rings is 8. The fraction of sp³-hybridized carbons (Fsp3) is 0.217. The normalized spacial score (nSPS) is 12.2. The lowest BCUT2D eigenvalue weighted by molar-refractivity contribution is -0.151. The first-order valence-corrected chi connectivity index (χ1v) is 33.5. The van der Waals surface area contributed by atoms with Crippen molar-refractivity contribution in [1.29, 1.82) is 0 Å². The van der Waals surface area contributed by atoms with E-state index in [9.17, 15) is 33.3 Å². The number of carbonyl (C=O) groups excluding carboxylic acids is 6. The molecule has 0 saturated heterocycles. The maximum absolute atomic E-state index is 15.3. The molecule has 436 valence electrons. The number of ether oxygens (including phenoxy) is 3. The predicted octanol–water partition coefficient (Wildman–Crippen LogP) is 12.8. The molecule has 12 nitrogen and oxygen atoms in total. The lowest BCUT2D eigenvalue weighted by atomic mass is 9.94. The molecule has 85 heavy (non-hydrogen) atoms. The Kier molecular flexibility index (Phi) is 20.5. The van der Waals surface area contributed by atoms with Crippen LogP contribution in [0.4, 0.5) is 0 Å². The van der Waals surface area contributed by atoms with Crippen molar-refractivity contribution >= 4 is 94.9 Å². The van der Waals surface area contributed by atoms with Crippen LogP contribution in [0.1, 0.15) is 104 Å². The standard InChI is InChI=1S/C69H67O12P3S/c1-43-35-46(4)63(67(73)82(76)52-25-15-10-16-26-52)49(7)59(43)41-81-66(72)60(38-61(70)79-39-57-44(2)36-47(5)64(50(57)8)68(74)83(77,53-27-17-11-18-28-53)54-29-19-12-20-30-54)85-42-62(71)80-40-58-45(3)37-48(6)65(51(58)9)69(75)84(78,55-31-21-13-22-32-55)56-33-23-14-24-34-56/h10-37,60,82H,38-42H2,1-9H3. The van der Waals surface area contributed by atoms with Gasteiger partial charge in [0, 0.05) is 43.2 Å². The maximum Gasteiger partial charge on any atom is 0.320 e. The molecular formula is C69H67O12P3S. The van der Waals surface area contributed by atoms with Gasteiger partial charge in [-0.3, -0.25) is 28.8 Å². The van der Waals surface area contributed by atoms with E-state index in [1.165, 1.54) is 0 Å². The van der Waals surface area contributed by atoms with Gasteiger partial charge in [0.15, 0.2) is 7.80 Å². The Hall–Kier alpha value is -7.78. The smallest absolute Gasteiger partial charge is 0.320 e. The quantitative estimate of drug-likeness (QED) is 0.0335. The minimum absolute atomic E-state index is 0.237. The predicted molar refractivity (Wildman–Crippen MR) is 340 cm³/mol. The zero-order chi connectivity index (χ0) is 61.3. The van der Waals surface area contributed by atoms with Crippen LogP contribution in [-0.2, 0) is 62.1 Å². The van der Waals surface area contributed by atoms with Gasteiger partial charge < -0.3 is 27.9 Å². The molecule has 16 heteroatoms. The van der Waals surface area contributed by atoms with Gasteiger partial charge >= 0.3 is 17.9 Å². The summed E-state index contributed by atoms with van der Waals surface area (Å²) in [5, 5.41) is 0.580. The fourth-order valence-electron chi connectivity index (χ4n) is 11.0. The summed E-state index contributed by atoms with van der Waals surface area (Å²) in [6.45, 7) is 15.0. The summed E-state index contributed by atoms with van der Waals surface area (Å²) in [6.07, 6.45) is -0.567. The van der Waals surface area contributed by atoms with E-state index in [0.717, 1.165) is 17.3 Å². The van der Waals surface area contributed by atoms with E-state index >= 15 is 9.13 Å². The third-order valence-electron chi connectivity index (χ3n) is 15.5. The van der Waals surface area contributed by atoms with Crippen molar-refractivity contribution in [1.82, 2.24) is 0 Å². The second-order valence-electron chi connectivity index (χ2n) is 21.1. The average Bonchev–Trinajstić information content (AvgIpc) is 1.33. The van der Waals surface area contributed by atoms with E-state index < -0.39 is 74.0 Å². The number of aryl methyl sites for hydroxylation is 6. The number of esters is 3. The third kappa shape index (κ3) is 13.5. The Morgan fingerprint density at radius 3 is 1.12 bits per heavy atom. The summed E-state index contributed by atoms with van der Waals surface area (Å²) < 4.78 is 61.8. The summed E-state index contributed by atoms with van der Waals surface area (Å²) >= 11 is 0.801. The lowest BCUT2D eigenvalue weighted by Gasteiger charge is -2.23. The number of thioether (sulfide) groups is 1. The fourth-order valence-corrected chi connectivity index (χ4v) is 18.5. The van der Waals surface area contributed by atoms with E-state index in [-0.39, 0.29) is 36.5 Å². The highest BCUT2D eigenvalue weighted by atomic mass is 32.2. The van der Waals surface area contributed by atoms with E-state index in [2.05, 4.69) is 0 Å². The van der Waals surface area contributed by atoms with Crippen LogP contribution in [0, 0.1) is 62.3 Å². The molecule has 8 aromatic carbocycles. The molecule has 0 aromatic heterocycles. The second kappa shape index (κ2) is 27.5. The van der Waals surface area contributed by atoms with Crippen molar-refractivity contribution in [3.8, 4) is 0 Å². The van der Waals surface area contributed by atoms with Crippen LogP contribution in [0.2, 0.25) is 0 Å². The van der Waals surface area contributed by atoms with E-state index in [4.69, 9.17) is 14.2 Å². The van der Waals surface area contributed by atoms with Gasteiger partial charge in [-0.1, -0.05) is 170 Å². The Morgan fingerprint density at radius 2 is 0.741 bits per heavy atom. The molecular weight excluding hydrogens is 1150 g/mol. The topological polar surface area (TPSA) is 181 Å². The molecule has 0 radical (unpaired) electrons. The Morgan fingerprint density at radius 1 is 0.424 bits per heavy atom. The Bertz CT molecular complexity index is 3910. The summed E-state index contributed by atoms with van der Waals surface area (Å²) in [5.41, 5.74) is 6.00. The van der Waals surface area contributed by atoms with Crippen LogP contribution < -0.4 is 26.5 Å². The van der Waals surface area contributed by atoms with Crippen molar-refractivity contribution in [2.24, 2.45) is 0 Å². The average molecular weight is 1210 g/mol. The number of hydrogen-bond acceptors (Lipinski definition) is 13. The molecule has 8 aromatic rings. The molecule has 0 spiro atoms. The van der Waals surface area contributed by atoms with Gasteiger partial charge in [-0.15, -0.1) is 11.8 Å². The third-order valence-corrected chi connectivity index (χ3v) is 23.8. The van der Waals surface area contributed by atoms with E-state index in [1.54, 1.807) is 218 Å². The van der Waals surface area contributed by atoms with Gasteiger partial charge in [0.1, 0.15) is 25.1 Å². The number of rotatable bonds is 23. The highest BCUT2D eigenvalue weighted by Gasteiger charge is 2.40. The zero-order valence-electron chi connectivity index (χ0n) is 49.0. The molecule has 8 rings (SSSR count). The SMILES string of the molecule is Cc1cc(C)c(C(=O)[PH](=O)c2ccccc2)c(C)c1COC(=O)C(CC(=O)OCc1c(C)cc(C)c(C(=O)P(=O)(c2ccccc2)c2ccccc2)c1C)SCC(=O)OCc1c(C)cc(C)c(C(=O)P(=O)(c2ccccc2)c2ccccc2)c1C. The number of hydrogen-bond donors (Lipinski definition) is 0. The summed E-state index contributed by atoms with van der Waals surface area (Å²) in [6, 6.07) is 48.3. The molecule has 0 fully saturated rings. The van der Waals surface area contributed by atoms with E-state index in [0.29, 0.717) is 87.7 Å². The molecule has 2 unspecified atom stereocenters. The summed E-state index contributed by atoms with van der Waals surface area (Å²) in [5.74, 6) is -2.89. The van der Waals surface area contributed by atoms with Gasteiger partial charge in [0.25, 0.3) is 0 Å². The van der Waals surface area contributed by atoms with Gasteiger partial charge in [-0.2, -0.15) is 0 Å². The van der Waals surface area contributed by atoms with Gasteiger partial charge in [0.2, 0.25) is 30.9 Å². The minimum atomic E-state index is -3.93. The van der Waals surface area contributed by atoms with Gasteiger partial charge in [0.05, 0.1) is 12.2 Å². The van der Waals surface area contributed by atoms with Crippen molar-refractivity contribution in [2.75, 3.05) is 5.75 Å². The van der Waals surface area contributed by atoms with E-state index in [1.807, 2.05) is 13.8 Å². The van der Waals surface area contributed by atoms with Gasteiger partial charge in [-0.05, 0) is 129 Å². The first kappa shape index (κ1) is 63.2. The Balaban J connectivity index is 1.04. The molecule has 0 aliphatic rings. The molecule has 0 aliphatic heterocycles. The minimum Gasteiger partial charge on any atom is -0.461 e. The Labute approximate surface area is 501 Å². The summed E-state index contributed by atoms with van der Waals surface area (Å²) in [4.78, 5) is 85.9. The largest absolute Gasteiger partial charge is 0.461 e. The van der Waals surface area contributed by atoms with Crippen LogP contribution in [0.15, 0.2) is 170 Å². The first-order valence-electron chi connectivity index (χ1n) is 27.6. The first-order chi connectivity index (χ1) is 40.6. The zero-order valence-corrected chi connectivity index (χ0v) is 52.6. The molecule has 2 atom stereocenters. The molecule has 0 N–H and O–H groups in total. The molecule has 0 aliphatic carbocycles. The maximum atomic E-state index is 15.3. The van der Waals surface area contributed by atoms with Crippen molar-refractivity contribution < 1.29 is 56.7 Å². The molecule has 0 saturated carbocycles. The van der Waals surface area contributed by atoms with Crippen LogP contribution in [-0.4, -0.2) is 45.5 Å². The highest BCUT2D eigenvalue weighted by Crippen LogP contribution is 2.50. The van der Waals surface area contributed by atoms with Crippen molar-refractivity contribution in [3.63, 3.8) is 0 Å². The van der Waals surface area contributed by atoms with Crippen LogP contribution in [0.25, 0.3) is 0 Å². The lowest BCUT2D eigenvalue weighted by Crippen LogP contribution is -2.27. The molecule has 0 bridgehead atoms. The molecule has 0 amide bonds. The van der Waals surface area contributed by atoms with Crippen LogP contribution >= 0.6 is 33.8 Å². The second-order valence-corrected chi connectivity index (χ2v) is 29.3. The van der Waals surface area contributed by atoms with Crippen molar-refractivity contribution in [3.05, 3.63) is 253 Å². The number of carbonyl (C=O) groups is 6. The van der Waals surface area contributed by atoms with Crippen LogP contribution in [0.3, 0.4) is 0 Å². The summed E-state index contributed by atoms with van der Waals surface area (Å²) in [7, 11) is -10.8. The highest BCUT2D eigenvalue weighted by molar-refractivity contribution is 8.01. The molecule has 0 heterocycles. The monoisotopic (exact) mass is 1210 g/mol. The van der Waals surface area contributed by atoms with Crippen molar-refractivity contribution in [2.45, 2.75) is 93.8 Å². The van der Waals surface area contributed by atoms with Gasteiger partial charge in [-0.25, -0.2) is 0 Å². The van der Waals surface area contributed by atoms with Crippen LogP contribution in [0.5, 0.6) is 0 Å².